The predicted molar refractivity (Wildman–Crippen MR) is 114 cm³/mol. The fraction of sp³-hybridized carbons (Fsp3) is 0.636. The summed E-state index contributed by atoms with van der Waals surface area (Å²) in [6.07, 6.45) is 0. The zero-order valence-electron chi connectivity index (χ0n) is 18.2. The summed E-state index contributed by atoms with van der Waals surface area (Å²) in [4.78, 5) is 31.5. The van der Waals surface area contributed by atoms with Crippen molar-refractivity contribution in [1.82, 2.24) is 14.7 Å². The number of hydrogen-bond acceptors (Lipinski definition) is 5. The van der Waals surface area contributed by atoms with E-state index in [1.165, 1.54) is 5.56 Å². The van der Waals surface area contributed by atoms with E-state index < -0.39 is 0 Å². The molecular formula is C22H34N4O3. The van der Waals surface area contributed by atoms with Crippen LogP contribution in [0.25, 0.3) is 0 Å². The normalized spacial score (nSPS) is 19.8. The minimum Gasteiger partial charge on any atom is -0.378 e. The monoisotopic (exact) mass is 402 g/mol. The van der Waals surface area contributed by atoms with Gasteiger partial charge < -0.3 is 15.0 Å². The molecule has 0 aromatic heterocycles. The predicted octanol–water partition coefficient (Wildman–Crippen LogP) is 1.42. The van der Waals surface area contributed by atoms with E-state index in [-0.39, 0.29) is 17.9 Å². The van der Waals surface area contributed by atoms with Crippen LogP contribution in [-0.4, -0.2) is 91.6 Å². The molecule has 1 N–H and O–H groups in total. The van der Waals surface area contributed by atoms with Gasteiger partial charge >= 0.3 is 0 Å². The summed E-state index contributed by atoms with van der Waals surface area (Å²) in [5.41, 5.74) is 4.31. The van der Waals surface area contributed by atoms with Crippen LogP contribution in [0, 0.1) is 20.8 Å². The average molecular weight is 403 g/mol. The lowest BCUT2D eigenvalue weighted by molar-refractivity contribution is -0.137. The molecule has 1 aromatic rings. The molecule has 1 atom stereocenters. The molecule has 29 heavy (non-hydrogen) atoms. The lowest BCUT2D eigenvalue weighted by atomic mass is 10.0. The van der Waals surface area contributed by atoms with Crippen LogP contribution in [0.1, 0.15) is 23.6 Å². The summed E-state index contributed by atoms with van der Waals surface area (Å²) in [5.74, 6) is 0.204. The molecule has 0 spiro atoms. The molecule has 2 aliphatic heterocycles. The maximum Gasteiger partial charge on any atom is 0.241 e. The minimum absolute atomic E-state index is 0.0258. The molecule has 7 nitrogen and oxygen atoms in total. The quantitative estimate of drug-likeness (QED) is 0.807. The van der Waals surface area contributed by atoms with Gasteiger partial charge in [0, 0.05) is 45.0 Å². The number of rotatable bonds is 5. The number of piperazine rings is 1. The van der Waals surface area contributed by atoms with Crippen LogP contribution in [0.4, 0.5) is 5.69 Å². The van der Waals surface area contributed by atoms with E-state index in [0.29, 0.717) is 32.8 Å². The largest absolute Gasteiger partial charge is 0.378 e. The van der Waals surface area contributed by atoms with Crippen LogP contribution in [-0.2, 0) is 14.3 Å². The second-order valence-corrected chi connectivity index (χ2v) is 8.24. The van der Waals surface area contributed by atoms with Gasteiger partial charge in [0.25, 0.3) is 0 Å². The first-order chi connectivity index (χ1) is 13.8. The Labute approximate surface area is 174 Å². The van der Waals surface area contributed by atoms with Gasteiger partial charge in [0.1, 0.15) is 0 Å². The standard InChI is InChI=1S/C22H34N4O3/c1-16-13-17(2)21(18(3)14-16)23-22(28)19(4)25-7-5-24(6-8-25)15-20(27)26-9-11-29-12-10-26/h13-14,19H,5-12,15H2,1-4H3,(H,23,28). The van der Waals surface area contributed by atoms with Gasteiger partial charge in [-0.15, -0.1) is 0 Å². The molecule has 0 aliphatic carbocycles. The highest BCUT2D eigenvalue weighted by Crippen LogP contribution is 2.22. The smallest absolute Gasteiger partial charge is 0.241 e. The molecule has 2 aliphatic rings. The number of nitrogens with one attached hydrogen (secondary N) is 1. The van der Waals surface area contributed by atoms with Gasteiger partial charge in [0.05, 0.1) is 25.8 Å². The van der Waals surface area contributed by atoms with E-state index in [4.69, 9.17) is 4.74 Å². The van der Waals surface area contributed by atoms with Gasteiger partial charge in [-0.1, -0.05) is 17.7 Å². The molecule has 3 rings (SSSR count). The van der Waals surface area contributed by atoms with E-state index in [1.807, 2.05) is 25.7 Å². The van der Waals surface area contributed by atoms with Crippen molar-refractivity contribution in [1.29, 1.82) is 0 Å². The maximum atomic E-state index is 12.8. The number of anilines is 1. The van der Waals surface area contributed by atoms with Gasteiger partial charge in [-0.25, -0.2) is 0 Å². The van der Waals surface area contributed by atoms with Crippen molar-refractivity contribution in [2.24, 2.45) is 0 Å². The van der Waals surface area contributed by atoms with Crippen LogP contribution in [0.5, 0.6) is 0 Å². The Kier molecular flexibility index (Phi) is 7.27. The number of hydrogen-bond donors (Lipinski definition) is 1. The first-order valence-electron chi connectivity index (χ1n) is 10.6. The third kappa shape index (κ3) is 5.56. The molecule has 2 fully saturated rings. The van der Waals surface area contributed by atoms with E-state index in [1.54, 1.807) is 0 Å². The molecule has 2 amide bonds. The number of benzene rings is 1. The van der Waals surface area contributed by atoms with Gasteiger partial charge in [0.15, 0.2) is 0 Å². The Morgan fingerprint density at radius 2 is 1.59 bits per heavy atom. The molecule has 2 heterocycles. The van der Waals surface area contributed by atoms with E-state index in [0.717, 1.165) is 43.0 Å². The van der Waals surface area contributed by atoms with Crippen LogP contribution in [0.3, 0.4) is 0 Å². The van der Waals surface area contributed by atoms with E-state index in [9.17, 15) is 9.59 Å². The first-order valence-corrected chi connectivity index (χ1v) is 10.6. The number of carbonyl (C=O) groups excluding carboxylic acids is 2. The highest BCUT2D eigenvalue weighted by Gasteiger charge is 2.28. The molecule has 160 valence electrons. The van der Waals surface area contributed by atoms with Crippen molar-refractivity contribution in [3.8, 4) is 0 Å². The molecule has 0 bridgehead atoms. The average Bonchev–Trinajstić information content (AvgIpc) is 2.71. The van der Waals surface area contributed by atoms with Crippen LogP contribution < -0.4 is 5.32 Å². The lowest BCUT2D eigenvalue weighted by Crippen LogP contribution is -2.55. The third-order valence-corrected chi connectivity index (χ3v) is 5.98. The molecule has 2 saturated heterocycles. The van der Waals surface area contributed by atoms with Crippen LogP contribution >= 0.6 is 0 Å². The van der Waals surface area contributed by atoms with Crippen molar-refractivity contribution < 1.29 is 14.3 Å². The van der Waals surface area contributed by atoms with Crippen molar-refractivity contribution >= 4 is 17.5 Å². The second kappa shape index (κ2) is 9.69. The molecule has 0 saturated carbocycles. The number of carbonyl (C=O) groups is 2. The molecule has 7 heteroatoms. The number of morpholine rings is 1. The lowest BCUT2D eigenvalue weighted by Gasteiger charge is -2.38. The van der Waals surface area contributed by atoms with Crippen LogP contribution in [0.2, 0.25) is 0 Å². The second-order valence-electron chi connectivity index (χ2n) is 8.24. The molecular weight excluding hydrogens is 368 g/mol. The number of amides is 2. The zero-order valence-corrected chi connectivity index (χ0v) is 18.2. The summed E-state index contributed by atoms with van der Waals surface area (Å²) < 4.78 is 5.31. The fourth-order valence-electron chi connectivity index (χ4n) is 4.18. The van der Waals surface area contributed by atoms with Gasteiger partial charge in [-0.3, -0.25) is 19.4 Å². The third-order valence-electron chi connectivity index (χ3n) is 5.98. The summed E-state index contributed by atoms with van der Waals surface area (Å²) in [5, 5.41) is 3.12. The van der Waals surface area contributed by atoms with E-state index >= 15 is 0 Å². The van der Waals surface area contributed by atoms with Crippen molar-refractivity contribution in [2.45, 2.75) is 33.7 Å². The Morgan fingerprint density at radius 1 is 1.00 bits per heavy atom. The summed E-state index contributed by atoms with van der Waals surface area (Å²) >= 11 is 0. The molecule has 1 unspecified atom stereocenters. The highest BCUT2D eigenvalue weighted by atomic mass is 16.5. The summed E-state index contributed by atoms with van der Waals surface area (Å²) in [6.45, 7) is 14.4. The Balaban J connectivity index is 1.48. The topological polar surface area (TPSA) is 65.1 Å². The number of ether oxygens (including phenoxy) is 1. The summed E-state index contributed by atoms with van der Waals surface area (Å²) in [7, 11) is 0. The van der Waals surface area contributed by atoms with Gasteiger partial charge in [-0.05, 0) is 38.8 Å². The number of nitrogens with zero attached hydrogens (tertiary/aromatic N) is 3. The SMILES string of the molecule is Cc1cc(C)c(NC(=O)C(C)N2CCN(CC(=O)N3CCOCC3)CC2)c(C)c1. The molecule has 1 aromatic carbocycles. The highest BCUT2D eigenvalue weighted by molar-refractivity contribution is 5.96. The maximum absolute atomic E-state index is 12.8. The fourth-order valence-corrected chi connectivity index (χ4v) is 4.18. The van der Waals surface area contributed by atoms with Crippen LogP contribution in [0.15, 0.2) is 12.1 Å². The van der Waals surface area contributed by atoms with Crippen molar-refractivity contribution in [2.75, 3.05) is 64.3 Å². The zero-order chi connectivity index (χ0) is 21.0. The first kappa shape index (κ1) is 21.7. The Hall–Kier alpha value is -1.96. The minimum atomic E-state index is -0.202. The van der Waals surface area contributed by atoms with Crippen molar-refractivity contribution in [3.63, 3.8) is 0 Å². The van der Waals surface area contributed by atoms with E-state index in [2.05, 4.69) is 34.2 Å². The number of aryl methyl sites for hydroxylation is 3. The van der Waals surface area contributed by atoms with Crippen molar-refractivity contribution in [3.05, 3.63) is 28.8 Å². The Bertz CT molecular complexity index is 715. The van der Waals surface area contributed by atoms with Gasteiger partial charge in [0.2, 0.25) is 11.8 Å². The van der Waals surface area contributed by atoms with Gasteiger partial charge in [-0.2, -0.15) is 0 Å². The Morgan fingerprint density at radius 3 is 2.17 bits per heavy atom. The molecule has 0 radical (unpaired) electrons. The summed E-state index contributed by atoms with van der Waals surface area (Å²) in [6, 6.07) is 3.99.